The molecule has 116 valence electrons. The summed E-state index contributed by atoms with van der Waals surface area (Å²) in [5.41, 5.74) is 6.02. The summed E-state index contributed by atoms with van der Waals surface area (Å²) in [6.07, 6.45) is 5.82. The van der Waals surface area contributed by atoms with E-state index in [0.29, 0.717) is 5.92 Å². The third-order valence-corrected chi connectivity index (χ3v) is 4.68. The number of amides is 1. The summed E-state index contributed by atoms with van der Waals surface area (Å²) in [7, 11) is 0. The van der Waals surface area contributed by atoms with Crippen LogP contribution in [0.4, 0.5) is 0 Å². The van der Waals surface area contributed by atoms with Gasteiger partial charge in [-0.15, -0.1) is 0 Å². The van der Waals surface area contributed by atoms with Crippen molar-refractivity contribution in [2.24, 2.45) is 17.6 Å². The predicted octanol–water partition coefficient (Wildman–Crippen LogP) is 1.69. The lowest BCUT2D eigenvalue weighted by atomic mass is 9.95. The van der Waals surface area contributed by atoms with E-state index in [1.165, 1.54) is 32.5 Å². The van der Waals surface area contributed by atoms with Crippen LogP contribution in [0.25, 0.3) is 0 Å². The maximum atomic E-state index is 12.3. The second-order valence-corrected chi connectivity index (χ2v) is 7.01. The van der Waals surface area contributed by atoms with Crippen LogP contribution in [-0.4, -0.2) is 54.5 Å². The first-order valence-corrected chi connectivity index (χ1v) is 8.33. The number of hydrogen-bond donors (Lipinski definition) is 1. The number of piperidine rings is 1. The van der Waals surface area contributed by atoms with Gasteiger partial charge in [-0.3, -0.25) is 4.79 Å². The van der Waals surface area contributed by atoms with E-state index < -0.39 is 0 Å². The quantitative estimate of drug-likeness (QED) is 0.834. The molecular weight excluding hydrogens is 250 g/mol. The van der Waals surface area contributed by atoms with E-state index in [-0.39, 0.29) is 11.9 Å². The van der Waals surface area contributed by atoms with E-state index in [0.717, 1.165) is 38.3 Å². The van der Waals surface area contributed by atoms with Crippen molar-refractivity contribution in [2.75, 3.05) is 32.7 Å². The van der Waals surface area contributed by atoms with Crippen molar-refractivity contribution >= 4 is 5.91 Å². The van der Waals surface area contributed by atoms with Gasteiger partial charge in [0.2, 0.25) is 5.91 Å². The number of carbonyl (C=O) groups is 1. The second kappa shape index (κ2) is 7.41. The summed E-state index contributed by atoms with van der Waals surface area (Å²) in [6, 6.07) is -0.301. The van der Waals surface area contributed by atoms with Crippen LogP contribution in [0.3, 0.4) is 0 Å². The topological polar surface area (TPSA) is 49.6 Å². The van der Waals surface area contributed by atoms with Crippen LogP contribution >= 0.6 is 0 Å². The Bertz CT molecular complexity index is 305. The van der Waals surface area contributed by atoms with E-state index in [9.17, 15) is 4.79 Å². The summed E-state index contributed by atoms with van der Waals surface area (Å²) >= 11 is 0. The zero-order valence-corrected chi connectivity index (χ0v) is 13.2. The fraction of sp³-hybridized carbons (Fsp3) is 0.938. The molecule has 0 saturated carbocycles. The van der Waals surface area contributed by atoms with Crippen LogP contribution in [0.1, 0.15) is 46.0 Å². The van der Waals surface area contributed by atoms with Gasteiger partial charge < -0.3 is 15.5 Å². The van der Waals surface area contributed by atoms with Crippen LogP contribution in [0.5, 0.6) is 0 Å². The molecule has 0 aromatic carbocycles. The molecule has 0 bridgehead atoms. The second-order valence-electron chi connectivity index (χ2n) is 7.01. The van der Waals surface area contributed by atoms with Gasteiger partial charge >= 0.3 is 0 Å². The lowest BCUT2D eigenvalue weighted by Crippen LogP contribution is -2.48. The average molecular weight is 281 g/mol. The molecule has 2 N–H and O–H groups in total. The van der Waals surface area contributed by atoms with Crippen molar-refractivity contribution < 1.29 is 4.79 Å². The molecule has 0 radical (unpaired) electrons. The molecule has 0 unspecified atom stereocenters. The monoisotopic (exact) mass is 281 g/mol. The molecule has 1 atom stereocenters. The van der Waals surface area contributed by atoms with Gasteiger partial charge in [0, 0.05) is 19.6 Å². The average Bonchev–Trinajstić information content (AvgIpc) is 2.91. The zero-order chi connectivity index (χ0) is 14.5. The van der Waals surface area contributed by atoms with Crippen molar-refractivity contribution in [2.45, 2.75) is 52.0 Å². The standard InChI is InChI=1S/C16H31N3O/c1-13(2)11-15(17)16(20)19-9-5-14(6-10-19)12-18-7-3-4-8-18/h13-15H,3-12,17H2,1-2H3/t15-/m0/s1. The minimum absolute atomic E-state index is 0.165. The Labute approximate surface area is 123 Å². The van der Waals surface area contributed by atoms with Crippen molar-refractivity contribution in [3.63, 3.8) is 0 Å². The smallest absolute Gasteiger partial charge is 0.239 e. The van der Waals surface area contributed by atoms with Crippen LogP contribution in [0.2, 0.25) is 0 Å². The molecular formula is C16H31N3O. The molecule has 4 heteroatoms. The van der Waals surface area contributed by atoms with Crippen LogP contribution in [-0.2, 0) is 4.79 Å². The van der Waals surface area contributed by atoms with E-state index in [2.05, 4.69) is 18.7 Å². The van der Waals surface area contributed by atoms with E-state index in [1.807, 2.05) is 4.90 Å². The minimum atomic E-state index is -0.301. The number of hydrogen-bond acceptors (Lipinski definition) is 3. The largest absolute Gasteiger partial charge is 0.341 e. The number of likely N-dealkylation sites (tertiary alicyclic amines) is 2. The Kier molecular flexibility index (Phi) is 5.85. The zero-order valence-electron chi connectivity index (χ0n) is 13.2. The minimum Gasteiger partial charge on any atom is -0.341 e. The van der Waals surface area contributed by atoms with Gasteiger partial charge in [-0.05, 0) is 57.0 Å². The third kappa shape index (κ3) is 4.45. The van der Waals surface area contributed by atoms with Gasteiger partial charge in [0.25, 0.3) is 0 Å². The molecule has 2 aliphatic heterocycles. The molecule has 2 fully saturated rings. The van der Waals surface area contributed by atoms with Gasteiger partial charge in [-0.1, -0.05) is 13.8 Å². The maximum Gasteiger partial charge on any atom is 0.239 e. The molecule has 0 spiro atoms. The summed E-state index contributed by atoms with van der Waals surface area (Å²) in [5.74, 6) is 1.43. The lowest BCUT2D eigenvalue weighted by molar-refractivity contribution is -0.134. The van der Waals surface area contributed by atoms with Gasteiger partial charge in [0.1, 0.15) is 0 Å². The first-order chi connectivity index (χ1) is 9.56. The maximum absolute atomic E-state index is 12.3. The highest BCUT2D eigenvalue weighted by Crippen LogP contribution is 2.21. The number of nitrogens with zero attached hydrogens (tertiary/aromatic N) is 2. The van der Waals surface area contributed by atoms with Crippen LogP contribution in [0, 0.1) is 11.8 Å². The molecule has 2 rings (SSSR count). The van der Waals surface area contributed by atoms with Crippen molar-refractivity contribution in [1.29, 1.82) is 0 Å². The number of nitrogens with two attached hydrogens (primary N) is 1. The van der Waals surface area contributed by atoms with Gasteiger partial charge in [0.15, 0.2) is 0 Å². The fourth-order valence-corrected chi connectivity index (χ4v) is 3.51. The Morgan fingerprint density at radius 2 is 1.75 bits per heavy atom. The van der Waals surface area contributed by atoms with Crippen molar-refractivity contribution in [3.05, 3.63) is 0 Å². The summed E-state index contributed by atoms with van der Waals surface area (Å²) < 4.78 is 0. The van der Waals surface area contributed by atoms with E-state index in [4.69, 9.17) is 5.73 Å². The highest BCUT2D eigenvalue weighted by Gasteiger charge is 2.27. The molecule has 2 aliphatic rings. The Hall–Kier alpha value is -0.610. The Morgan fingerprint density at radius 3 is 2.30 bits per heavy atom. The fourth-order valence-electron chi connectivity index (χ4n) is 3.51. The molecule has 0 aromatic rings. The van der Waals surface area contributed by atoms with Crippen LogP contribution < -0.4 is 5.73 Å². The van der Waals surface area contributed by atoms with Gasteiger partial charge in [0.05, 0.1) is 6.04 Å². The first kappa shape index (κ1) is 15.8. The van der Waals surface area contributed by atoms with Crippen molar-refractivity contribution in [1.82, 2.24) is 9.80 Å². The van der Waals surface area contributed by atoms with Gasteiger partial charge in [-0.2, -0.15) is 0 Å². The van der Waals surface area contributed by atoms with E-state index in [1.54, 1.807) is 0 Å². The predicted molar refractivity (Wildman–Crippen MR) is 82.4 cm³/mol. The molecule has 2 heterocycles. The highest BCUT2D eigenvalue weighted by atomic mass is 16.2. The van der Waals surface area contributed by atoms with E-state index >= 15 is 0 Å². The van der Waals surface area contributed by atoms with Gasteiger partial charge in [-0.25, -0.2) is 0 Å². The Balaban J connectivity index is 1.71. The lowest BCUT2D eigenvalue weighted by Gasteiger charge is -2.35. The normalized spacial score (nSPS) is 23.5. The molecule has 2 saturated heterocycles. The number of carbonyl (C=O) groups excluding carboxylic acids is 1. The van der Waals surface area contributed by atoms with Crippen molar-refractivity contribution in [3.8, 4) is 0 Å². The Morgan fingerprint density at radius 1 is 1.15 bits per heavy atom. The SMILES string of the molecule is CC(C)C[C@H](N)C(=O)N1CCC(CN2CCCC2)CC1. The molecule has 20 heavy (non-hydrogen) atoms. The summed E-state index contributed by atoms with van der Waals surface area (Å²) in [6.45, 7) is 9.84. The third-order valence-electron chi connectivity index (χ3n) is 4.68. The first-order valence-electron chi connectivity index (χ1n) is 8.33. The molecule has 1 amide bonds. The molecule has 4 nitrogen and oxygen atoms in total. The molecule has 0 aliphatic carbocycles. The molecule has 0 aromatic heterocycles. The number of rotatable bonds is 5. The van der Waals surface area contributed by atoms with Crippen LogP contribution in [0.15, 0.2) is 0 Å². The summed E-state index contributed by atoms with van der Waals surface area (Å²) in [4.78, 5) is 16.9. The summed E-state index contributed by atoms with van der Waals surface area (Å²) in [5, 5.41) is 0. The highest BCUT2D eigenvalue weighted by molar-refractivity contribution is 5.81.